The molecule has 0 saturated heterocycles. The van der Waals surface area contributed by atoms with Crippen molar-refractivity contribution in [3.63, 3.8) is 0 Å². The number of aliphatic imine (C=N–C) groups is 1. The van der Waals surface area contributed by atoms with E-state index in [1.54, 1.807) is 18.4 Å². The molecule has 2 rings (SSSR count). The molecule has 28 heavy (non-hydrogen) atoms. The average Bonchev–Trinajstić information content (AvgIpc) is 3.20. The first kappa shape index (κ1) is 21.9. The molecule has 2 heterocycles. The number of nitrogens with two attached hydrogens (primary N) is 2. The molecular formula is C16H27N7O4S. The van der Waals surface area contributed by atoms with E-state index in [0.717, 1.165) is 0 Å². The molecule has 0 aliphatic heterocycles. The number of hydrogen-bond donors (Lipinski definition) is 4. The maximum Gasteiger partial charge on any atom is 0.274 e. The Morgan fingerprint density at radius 1 is 1.29 bits per heavy atom. The smallest absolute Gasteiger partial charge is 0.274 e. The fraction of sp³-hybridized carbons (Fsp3) is 0.562. The van der Waals surface area contributed by atoms with E-state index in [-0.39, 0.29) is 24.3 Å². The summed E-state index contributed by atoms with van der Waals surface area (Å²) >= 11 is 0. The van der Waals surface area contributed by atoms with Crippen LogP contribution in [0, 0.1) is 5.41 Å². The van der Waals surface area contributed by atoms with E-state index in [1.165, 1.54) is 0 Å². The van der Waals surface area contributed by atoms with Crippen molar-refractivity contribution < 1.29 is 17.5 Å². The number of amidine groups is 1. The summed E-state index contributed by atoms with van der Waals surface area (Å²) in [5, 5.41) is 15.9. The van der Waals surface area contributed by atoms with Crippen molar-refractivity contribution in [3.8, 4) is 0 Å². The van der Waals surface area contributed by atoms with E-state index in [1.807, 2.05) is 27.7 Å². The molecule has 0 aliphatic carbocycles. The predicted octanol–water partition coefficient (Wildman–Crippen LogP) is 0.968. The fourth-order valence-electron chi connectivity index (χ4n) is 3.00. The zero-order chi connectivity index (χ0) is 21.0. The summed E-state index contributed by atoms with van der Waals surface area (Å²) in [6.07, 6.45) is 2.14. The molecule has 0 spiro atoms. The van der Waals surface area contributed by atoms with Gasteiger partial charge in [0.05, 0.1) is 12.8 Å². The van der Waals surface area contributed by atoms with Gasteiger partial charge in [-0.05, 0) is 48.1 Å². The molecular weight excluding hydrogens is 386 g/mol. The standard InChI is InChI=1S/C16H27N7O4S/c1-15(2,10-20-28(18,24)25)9-16(3,4)21-14-12(22-27-23-14)13(17)19-8-11-6-5-7-26-11/h5-7,20H,8-10H2,1-4H3,(H2,17,19)(H,21,23)(H2,18,24,25). The predicted molar refractivity (Wildman–Crippen MR) is 105 cm³/mol. The average molecular weight is 414 g/mol. The molecule has 0 radical (unpaired) electrons. The van der Waals surface area contributed by atoms with Gasteiger partial charge in [-0.1, -0.05) is 13.8 Å². The largest absolute Gasteiger partial charge is 0.467 e. The number of nitrogens with zero attached hydrogens (tertiary/aromatic N) is 3. The molecule has 0 aromatic carbocycles. The van der Waals surface area contributed by atoms with Crippen LogP contribution in [0.2, 0.25) is 0 Å². The maximum atomic E-state index is 11.2. The topological polar surface area (TPSA) is 175 Å². The van der Waals surface area contributed by atoms with Crippen LogP contribution in [0.4, 0.5) is 5.82 Å². The van der Waals surface area contributed by atoms with Gasteiger partial charge in [0.1, 0.15) is 5.76 Å². The number of rotatable bonds is 10. The molecule has 156 valence electrons. The second-order valence-electron chi connectivity index (χ2n) is 7.96. The number of hydrogen-bond acceptors (Lipinski definition) is 8. The van der Waals surface area contributed by atoms with Crippen LogP contribution in [0.5, 0.6) is 0 Å². The van der Waals surface area contributed by atoms with Gasteiger partial charge < -0.3 is 15.5 Å². The van der Waals surface area contributed by atoms with E-state index in [4.69, 9.17) is 19.9 Å². The van der Waals surface area contributed by atoms with Crippen LogP contribution in [0.25, 0.3) is 0 Å². The molecule has 0 fully saturated rings. The van der Waals surface area contributed by atoms with E-state index in [9.17, 15) is 8.42 Å². The summed E-state index contributed by atoms with van der Waals surface area (Å²) in [6, 6.07) is 3.55. The summed E-state index contributed by atoms with van der Waals surface area (Å²) in [7, 11) is -3.75. The Morgan fingerprint density at radius 3 is 2.61 bits per heavy atom. The molecule has 0 atom stereocenters. The Labute approximate surface area is 164 Å². The Hall–Kier alpha value is -2.44. The minimum absolute atomic E-state index is 0.158. The zero-order valence-corrected chi connectivity index (χ0v) is 17.2. The Bertz CT molecular complexity index is 901. The van der Waals surface area contributed by atoms with Gasteiger partial charge in [0.2, 0.25) is 5.82 Å². The molecule has 11 nitrogen and oxygen atoms in total. The van der Waals surface area contributed by atoms with Crippen LogP contribution < -0.4 is 20.9 Å². The van der Waals surface area contributed by atoms with Crippen LogP contribution in [0.15, 0.2) is 32.4 Å². The quantitative estimate of drug-likeness (QED) is 0.329. The van der Waals surface area contributed by atoms with Crippen molar-refractivity contribution in [1.82, 2.24) is 15.0 Å². The second-order valence-corrected chi connectivity index (χ2v) is 9.34. The molecule has 6 N–H and O–H groups in total. The van der Waals surface area contributed by atoms with Crippen molar-refractivity contribution in [3.05, 3.63) is 29.9 Å². The van der Waals surface area contributed by atoms with Crippen LogP contribution >= 0.6 is 0 Å². The fourth-order valence-corrected chi connectivity index (χ4v) is 3.59. The van der Waals surface area contributed by atoms with E-state index in [2.05, 4.69) is 25.3 Å². The third-order valence-corrected chi connectivity index (χ3v) is 4.39. The molecule has 0 aliphatic rings. The van der Waals surface area contributed by atoms with Gasteiger partial charge in [0.15, 0.2) is 11.5 Å². The summed E-state index contributed by atoms with van der Waals surface area (Å²) < 4.78 is 34.7. The van der Waals surface area contributed by atoms with Gasteiger partial charge in [-0.3, -0.25) is 4.99 Å². The SMILES string of the molecule is CC(C)(CNS(N)(=O)=O)CC(C)(C)Nc1nonc1C(N)=NCc1ccco1. The summed E-state index contributed by atoms with van der Waals surface area (Å²) in [4.78, 5) is 4.24. The third kappa shape index (κ3) is 6.94. The minimum Gasteiger partial charge on any atom is -0.467 e. The summed E-state index contributed by atoms with van der Waals surface area (Å²) in [5.41, 5.74) is 5.43. The molecule has 2 aromatic heterocycles. The first-order valence-electron chi connectivity index (χ1n) is 8.58. The Morgan fingerprint density at radius 2 is 2.00 bits per heavy atom. The normalized spacial score (nSPS) is 13.7. The van der Waals surface area contributed by atoms with E-state index >= 15 is 0 Å². The zero-order valence-electron chi connectivity index (χ0n) is 16.4. The van der Waals surface area contributed by atoms with Crippen LogP contribution in [-0.4, -0.2) is 36.7 Å². The minimum atomic E-state index is -3.75. The highest BCUT2D eigenvalue weighted by Gasteiger charge is 2.31. The number of furan rings is 1. The summed E-state index contributed by atoms with van der Waals surface area (Å²) in [6.45, 7) is 8.20. The first-order chi connectivity index (χ1) is 12.9. The Kier molecular flexibility index (Phi) is 6.47. The van der Waals surface area contributed by atoms with Gasteiger partial charge >= 0.3 is 0 Å². The number of aromatic nitrogens is 2. The first-order valence-corrected chi connectivity index (χ1v) is 10.1. The van der Waals surface area contributed by atoms with E-state index < -0.39 is 15.7 Å². The highest BCUT2D eigenvalue weighted by molar-refractivity contribution is 7.87. The van der Waals surface area contributed by atoms with Crippen molar-refractivity contribution in [2.45, 2.75) is 46.2 Å². The third-order valence-electron chi connectivity index (χ3n) is 3.85. The highest BCUT2D eigenvalue weighted by Crippen LogP contribution is 2.30. The van der Waals surface area contributed by atoms with Gasteiger partial charge in [-0.2, -0.15) is 8.42 Å². The molecule has 2 aromatic rings. The van der Waals surface area contributed by atoms with Crippen molar-refractivity contribution in [2.24, 2.45) is 21.3 Å². The highest BCUT2D eigenvalue weighted by atomic mass is 32.2. The molecule has 0 saturated carbocycles. The molecule has 0 bridgehead atoms. The molecule has 12 heteroatoms. The lowest BCUT2D eigenvalue weighted by Gasteiger charge is -2.35. The van der Waals surface area contributed by atoms with Gasteiger partial charge in [-0.25, -0.2) is 14.5 Å². The van der Waals surface area contributed by atoms with Gasteiger partial charge in [0, 0.05) is 12.1 Å². The van der Waals surface area contributed by atoms with Crippen LogP contribution in [0.3, 0.4) is 0 Å². The van der Waals surface area contributed by atoms with Crippen molar-refractivity contribution in [1.29, 1.82) is 0 Å². The number of nitrogens with one attached hydrogen (secondary N) is 2. The van der Waals surface area contributed by atoms with Crippen molar-refractivity contribution >= 4 is 21.9 Å². The molecule has 0 unspecified atom stereocenters. The van der Waals surface area contributed by atoms with Crippen LogP contribution in [0.1, 0.15) is 45.6 Å². The maximum absolute atomic E-state index is 11.2. The second kappa shape index (κ2) is 8.29. The number of anilines is 1. The monoisotopic (exact) mass is 413 g/mol. The van der Waals surface area contributed by atoms with E-state index in [0.29, 0.717) is 23.7 Å². The Balaban J connectivity index is 2.06. The molecule has 0 amide bonds. The van der Waals surface area contributed by atoms with Gasteiger partial charge in [0.25, 0.3) is 10.2 Å². The lowest BCUT2D eigenvalue weighted by molar-refractivity contribution is 0.271. The lowest BCUT2D eigenvalue weighted by Crippen LogP contribution is -2.43. The van der Waals surface area contributed by atoms with Gasteiger partial charge in [-0.15, -0.1) is 0 Å². The summed E-state index contributed by atoms with van der Waals surface area (Å²) in [5.74, 6) is 1.17. The lowest BCUT2D eigenvalue weighted by atomic mass is 9.80. The van der Waals surface area contributed by atoms with Crippen molar-refractivity contribution in [2.75, 3.05) is 11.9 Å². The van der Waals surface area contributed by atoms with Crippen LogP contribution in [-0.2, 0) is 16.8 Å².